The van der Waals surface area contributed by atoms with Crippen LogP contribution in [0.5, 0.6) is 0 Å². The quantitative estimate of drug-likeness (QED) is 0.773. The van der Waals surface area contributed by atoms with Gasteiger partial charge in [-0.25, -0.2) is 0 Å². The zero-order chi connectivity index (χ0) is 13.1. The Morgan fingerprint density at radius 2 is 2.24 bits per heavy atom. The number of carbonyl (C=O) groups excluding carboxylic acids is 1. The Morgan fingerprint density at radius 3 is 2.71 bits per heavy atom. The van der Waals surface area contributed by atoms with Crippen LogP contribution in [0.1, 0.15) is 33.6 Å². The highest BCUT2D eigenvalue weighted by atomic mass is 32.1. The number of carbonyl (C=O) groups is 1. The van der Waals surface area contributed by atoms with Crippen LogP contribution >= 0.6 is 12.2 Å². The van der Waals surface area contributed by atoms with E-state index < -0.39 is 5.41 Å². The van der Waals surface area contributed by atoms with E-state index >= 15 is 0 Å². The number of morpholine rings is 1. The molecule has 4 nitrogen and oxygen atoms in total. The minimum atomic E-state index is -0.722. The highest BCUT2D eigenvalue weighted by Gasteiger charge is 2.40. The van der Waals surface area contributed by atoms with Gasteiger partial charge in [-0.15, -0.1) is 0 Å². The van der Waals surface area contributed by atoms with Gasteiger partial charge in [0.15, 0.2) is 0 Å². The summed E-state index contributed by atoms with van der Waals surface area (Å²) in [5.74, 6) is 0.0441. The fourth-order valence-electron chi connectivity index (χ4n) is 2.01. The molecular formula is C12H22N2O2S. The summed E-state index contributed by atoms with van der Waals surface area (Å²) in [6, 6.07) is 0.150. The van der Waals surface area contributed by atoms with Crippen LogP contribution in [0.25, 0.3) is 0 Å². The fraction of sp³-hybridized carbons (Fsp3) is 0.833. The first-order chi connectivity index (χ1) is 7.97. The molecule has 0 saturated carbocycles. The lowest BCUT2D eigenvalue weighted by molar-refractivity contribution is -0.146. The van der Waals surface area contributed by atoms with E-state index in [1.165, 1.54) is 0 Å². The second-order valence-corrected chi connectivity index (χ2v) is 5.13. The molecule has 5 heteroatoms. The van der Waals surface area contributed by atoms with Crippen LogP contribution in [0.3, 0.4) is 0 Å². The Morgan fingerprint density at radius 1 is 1.59 bits per heavy atom. The van der Waals surface area contributed by atoms with Gasteiger partial charge in [0.05, 0.1) is 29.7 Å². The average Bonchev–Trinajstić information content (AvgIpc) is 2.36. The lowest BCUT2D eigenvalue weighted by Gasteiger charge is -2.40. The summed E-state index contributed by atoms with van der Waals surface area (Å²) in [4.78, 5) is 14.7. The molecule has 0 radical (unpaired) electrons. The Hall–Kier alpha value is -0.680. The molecule has 0 aromatic rings. The number of ether oxygens (including phenoxy) is 1. The van der Waals surface area contributed by atoms with Crippen molar-refractivity contribution in [1.29, 1.82) is 0 Å². The summed E-state index contributed by atoms with van der Waals surface area (Å²) in [6.07, 6.45) is 1.53. The molecule has 2 atom stereocenters. The molecule has 1 aliphatic rings. The number of amides is 1. The molecule has 1 saturated heterocycles. The van der Waals surface area contributed by atoms with Gasteiger partial charge in [0, 0.05) is 6.54 Å². The molecule has 1 aliphatic heterocycles. The van der Waals surface area contributed by atoms with Crippen molar-refractivity contribution in [3.8, 4) is 0 Å². The number of rotatable bonds is 4. The number of nitrogens with two attached hydrogens (primary N) is 1. The first kappa shape index (κ1) is 14.4. The first-order valence-electron chi connectivity index (χ1n) is 6.16. The lowest BCUT2D eigenvalue weighted by atomic mass is 9.85. The molecule has 0 bridgehead atoms. The van der Waals surface area contributed by atoms with Gasteiger partial charge in [-0.1, -0.05) is 26.1 Å². The van der Waals surface area contributed by atoms with E-state index in [0.717, 1.165) is 6.42 Å². The van der Waals surface area contributed by atoms with E-state index in [2.05, 4.69) is 6.92 Å². The molecule has 2 N–H and O–H groups in total. The predicted octanol–water partition coefficient (Wildman–Crippen LogP) is 1.33. The van der Waals surface area contributed by atoms with Gasteiger partial charge < -0.3 is 15.4 Å². The van der Waals surface area contributed by atoms with Gasteiger partial charge >= 0.3 is 0 Å². The number of hydrogen-bond acceptors (Lipinski definition) is 3. The van der Waals surface area contributed by atoms with Crippen molar-refractivity contribution in [1.82, 2.24) is 4.90 Å². The largest absolute Gasteiger partial charge is 0.392 e. The first-order valence-corrected chi connectivity index (χ1v) is 6.56. The molecule has 1 fully saturated rings. The van der Waals surface area contributed by atoms with Gasteiger partial charge in [0.2, 0.25) is 5.91 Å². The molecule has 0 aliphatic carbocycles. The smallest absolute Gasteiger partial charge is 0.235 e. The third-order valence-corrected chi connectivity index (χ3v) is 4.13. The maximum atomic E-state index is 12.6. The van der Waals surface area contributed by atoms with Crippen LogP contribution in [-0.4, -0.2) is 41.6 Å². The summed E-state index contributed by atoms with van der Waals surface area (Å²) < 4.78 is 5.40. The molecular weight excluding hydrogens is 236 g/mol. The third kappa shape index (κ3) is 2.77. The summed E-state index contributed by atoms with van der Waals surface area (Å²) in [6.45, 7) is 7.68. The van der Waals surface area contributed by atoms with Crippen LogP contribution in [0, 0.1) is 5.41 Å². The van der Waals surface area contributed by atoms with Crippen molar-refractivity contribution in [3.05, 3.63) is 0 Å². The molecule has 98 valence electrons. The second-order valence-electron chi connectivity index (χ2n) is 4.69. The average molecular weight is 258 g/mol. The van der Waals surface area contributed by atoms with E-state index in [9.17, 15) is 4.79 Å². The van der Waals surface area contributed by atoms with Gasteiger partial charge in [-0.2, -0.15) is 0 Å². The van der Waals surface area contributed by atoms with Crippen molar-refractivity contribution in [3.63, 3.8) is 0 Å². The molecule has 17 heavy (non-hydrogen) atoms. The van der Waals surface area contributed by atoms with Gasteiger partial charge in [-0.05, 0) is 19.8 Å². The number of hydrogen-bond donors (Lipinski definition) is 1. The van der Waals surface area contributed by atoms with Crippen molar-refractivity contribution in [2.75, 3.05) is 19.8 Å². The van der Waals surface area contributed by atoms with E-state index in [4.69, 9.17) is 22.7 Å². The normalized spacial score (nSPS) is 24.2. The van der Waals surface area contributed by atoms with Crippen molar-refractivity contribution in [2.45, 2.75) is 39.7 Å². The highest BCUT2D eigenvalue weighted by Crippen LogP contribution is 2.27. The Balaban J connectivity index is 2.89. The molecule has 1 amide bonds. The van der Waals surface area contributed by atoms with Crippen LogP contribution in [-0.2, 0) is 9.53 Å². The standard InChI is InChI=1S/C12H22N2O2S/c1-4-9-8-16-7-6-14(9)11(15)12(3,5-2)10(13)17/h9H,4-8H2,1-3H3,(H2,13,17). The molecule has 0 aromatic heterocycles. The minimum absolute atomic E-state index is 0.0441. The van der Waals surface area contributed by atoms with E-state index in [1.807, 2.05) is 18.7 Å². The number of nitrogens with zero attached hydrogens (tertiary/aromatic N) is 1. The lowest BCUT2D eigenvalue weighted by Crippen LogP contribution is -2.56. The Kier molecular flexibility index (Phi) is 4.89. The monoisotopic (exact) mass is 258 g/mol. The van der Waals surface area contributed by atoms with Gasteiger partial charge in [0.25, 0.3) is 0 Å². The zero-order valence-corrected chi connectivity index (χ0v) is 11.7. The van der Waals surface area contributed by atoms with E-state index in [1.54, 1.807) is 0 Å². The fourth-order valence-corrected chi connectivity index (χ4v) is 2.24. The second kappa shape index (κ2) is 5.78. The minimum Gasteiger partial charge on any atom is -0.392 e. The van der Waals surface area contributed by atoms with Crippen LogP contribution in [0.15, 0.2) is 0 Å². The summed E-state index contributed by atoms with van der Waals surface area (Å²) in [5, 5.41) is 0. The molecule has 0 spiro atoms. The van der Waals surface area contributed by atoms with E-state index in [-0.39, 0.29) is 16.9 Å². The maximum absolute atomic E-state index is 12.6. The zero-order valence-electron chi connectivity index (χ0n) is 10.9. The predicted molar refractivity (Wildman–Crippen MR) is 71.8 cm³/mol. The Labute approximate surface area is 108 Å². The third-order valence-electron chi connectivity index (χ3n) is 3.68. The molecule has 1 rings (SSSR count). The topological polar surface area (TPSA) is 55.6 Å². The SMILES string of the molecule is CCC1COCCN1C(=O)C(C)(CC)C(N)=S. The Bertz CT molecular complexity index is 309. The van der Waals surface area contributed by atoms with Crippen molar-refractivity contribution >= 4 is 23.1 Å². The summed E-state index contributed by atoms with van der Waals surface area (Å²) in [5.41, 5.74) is 5.01. The van der Waals surface area contributed by atoms with Crippen LogP contribution in [0.2, 0.25) is 0 Å². The van der Waals surface area contributed by atoms with Crippen LogP contribution in [0.4, 0.5) is 0 Å². The van der Waals surface area contributed by atoms with Gasteiger partial charge in [-0.3, -0.25) is 4.79 Å². The summed E-state index contributed by atoms with van der Waals surface area (Å²) >= 11 is 5.05. The van der Waals surface area contributed by atoms with Crippen LogP contribution < -0.4 is 5.73 Å². The van der Waals surface area contributed by atoms with Crippen molar-refractivity contribution < 1.29 is 9.53 Å². The van der Waals surface area contributed by atoms with E-state index in [0.29, 0.717) is 26.2 Å². The highest BCUT2D eigenvalue weighted by molar-refractivity contribution is 7.80. The molecule has 0 aromatic carbocycles. The number of thiocarbonyl (C=S) groups is 1. The molecule has 2 unspecified atom stereocenters. The van der Waals surface area contributed by atoms with Gasteiger partial charge in [0.1, 0.15) is 0 Å². The molecule has 1 heterocycles. The summed E-state index contributed by atoms with van der Waals surface area (Å²) in [7, 11) is 0. The van der Waals surface area contributed by atoms with Crippen molar-refractivity contribution in [2.24, 2.45) is 11.1 Å². The maximum Gasteiger partial charge on any atom is 0.235 e.